The number of aliphatic imine (C=N–C) groups is 1. The van der Waals surface area contributed by atoms with Gasteiger partial charge in [-0.05, 0) is 12.0 Å². The zero-order valence-corrected chi connectivity index (χ0v) is 20.0. The van der Waals surface area contributed by atoms with Gasteiger partial charge in [0.1, 0.15) is 5.84 Å². The third-order valence-electron chi connectivity index (χ3n) is 4.95. The van der Waals surface area contributed by atoms with Crippen molar-refractivity contribution in [1.29, 1.82) is 5.41 Å². The van der Waals surface area contributed by atoms with E-state index in [0.29, 0.717) is 11.4 Å². The maximum Gasteiger partial charge on any atom is 0.283 e. The standard InChI is InChI=1S/C21H18N6O3S3/c1-12(2)11-33(29,30)21-25-32-20-24-18(28)14(17(22)27(20)21)10-15-16(13-6-4-3-5-7-13)23-19-26(15)8-9-31-19/h3-10,12,22H,11H2,1-2H3/b14-10-,22-17?. The Morgan fingerprint density at radius 1 is 1.21 bits per heavy atom. The molecule has 0 bridgehead atoms. The van der Waals surface area contributed by atoms with E-state index in [2.05, 4.69) is 9.39 Å². The lowest BCUT2D eigenvalue weighted by atomic mass is 10.1. The first-order valence-corrected chi connectivity index (χ1v) is 13.3. The number of sulfone groups is 1. The number of nitrogens with zero attached hydrogens (tertiary/aromatic N) is 5. The number of carbonyl (C=O) groups excluding carboxylic acids is 1. The van der Waals surface area contributed by atoms with E-state index in [4.69, 9.17) is 10.4 Å². The minimum absolute atomic E-state index is 0.0288. The molecule has 1 aromatic carbocycles. The second-order valence-corrected chi connectivity index (χ2v) is 11.4. The molecule has 0 saturated carbocycles. The fraction of sp³-hybridized carbons (Fsp3) is 0.190. The zero-order chi connectivity index (χ0) is 23.3. The van der Waals surface area contributed by atoms with E-state index >= 15 is 0 Å². The number of benzene rings is 1. The molecule has 1 amide bonds. The Hall–Kier alpha value is -3.09. The van der Waals surface area contributed by atoms with Crippen LogP contribution in [0.15, 0.2) is 56.9 Å². The lowest BCUT2D eigenvalue weighted by molar-refractivity contribution is -0.114. The number of nitrogens with one attached hydrogen (secondary N) is 1. The molecule has 0 fully saturated rings. The maximum absolute atomic E-state index is 12.9. The summed E-state index contributed by atoms with van der Waals surface area (Å²) in [7, 11) is -3.76. The third-order valence-corrected chi connectivity index (χ3v) is 8.46. The number of fused-ring (bicyclic) bond motifs is 2. The molecule has 5 rings (SSSR count). The summed E-state index contributed by atoms with van der Waals surface area (Å²) in [5.41, 5.74) is 2.10. The van der Waals surface area contributed by atoms with E-state index in [0.717, 1.165) is 27.4 Å². The lowest BCUT2D eigenvalue weighted by Crippen LogP contribution is -2.46. The van der Waals surface area contributed by atoms with Crippen LogP contribution in [-0.4, -0.2) is 50.5 Å². The van der Waals surface area contributed by atoms with E-state index < -0.39 is 15.7 Å². The lowest BCUT2D eigenvalue weighted by Gasteiger charge is -2.24. The zero-order valence-electron chi connectivity index (χ0n) is 17.6. The average molecular weight is 499 g/mol. The molecule has 3 aromatic rings. The van der Waals surface area contributed by atoms with Gasteiger partial charge < -0.3 is 0 Å². The third kappa shape index (κ3) is 3.73. The summed E-state index contributed by atoms with van der Waals surface area (Å²) in [5, 5.41) is 10.4. The highest BCUT2D eigenvalue weighted by atomic mass is 32.2. The predicted molar refractivity (Wildman–Crippen MR) is 132 cm³/mol. The number of carbonyl (C=O) groups is 1. The van der Waals surface area contributed by atoms with Crippen LogP contribution in [0.1, 0.15) is 19.5 Å². The number of amidine groups is 3. The van der Waals surface area contributed by atoms with E-state index in [1.54, 1.807) is 19.9 Å². The summed E-state index contributed by atoms with van der Waals surface area (Å²) in [6.45, 7) is 3.59. The molecule has 2 aliphatic heterocycles. The van der Waals surface area contributed by atoms with Crippen LogP contribution in [0.4, 0.5) is 0 Å². The molecule has 2 aromatic heterocycles. The molecule has 0 saturated heterocycles. The molecule has 0 atom stereocenters. The van der Waals surface area contributed by atoms with E-state index in [-0.39, 0.29) is 33.4 Å². The second kappa shape index (κ2) is 8.04. The normalized spacial score (nSPS) is 17.8. The summed E-state index contributed by atoms with van der Waals surface area (Å²) in [5.74, 6) is -1.13. The quantitative estimate of drug-likeness (QED) is 0.432. The van der Waals surface area contributed by atoms with Crippen molar-refractivity contribution in [2.75, 3.05) is 5.75 Å². The molecular weight excluding hydrogens is 480 g/mol. The minimum Gasteiger partial charge on any atom is -0.290 e. The van der Waals surface area contributed by atoms with Crippen LogP contribution in [0.25, 0.3) is 22.3 Å². The van der Waals surface area contributed by atoms with Gasteiger partial charge in [0, 0.05) is 17.1 Å². The van der Waals surface area contributed by atoms with E-state index in [1.807, 2.05) is 46.3 Å². The highest BCUT2D eigenvalue weighted by Gasteiger charge is 2.43. The highest BCUT2D eigenvalue weighted by Crippen LogP contribution is 2.33. The molecule has 0 radical (unpaired) electrons. The van der Waals surface area contributed by atoms with Crippen LogP contribution >= 0.6 is 23.3 Å². The Labute approximate surface area is 198 Å². The van der Waals surface area contributed by atoms with E-state index in [9.17, 15) is 13.2 Å². The molecule has 2 aliphatic rings. The Balaban J connectivity index is 1.62. The first-order chi connectivity index (χ1) is 15.8. The summed E-state index contributed by atoms with van der Waals surface area (Å²) in [4.78, 5) is 23.5. The first-order valence-electron chi connectivity index (χ1n) is 9.99. The topological polar surface area (TPSA) is 120 Å². The van der Waals surface area contributed by atoms with Crippen LogP contribution in [0.2, 0.25) is 0 Å². The van der Waals surface area contributed by atoms with Crippen molar-refractivity contribution in [3.63, 3.8) is 0 Å². The number of hydrogen-bond donors (Lipinski definition) is 1. The van der Waals surface area contributed by atoms with Gasteiger partial charge in [-0.15, -0.1) is 11.3 Å². The van der Waals surface area contributed by atoms with Crippen LogP contribution in [0.5, 0.6) is 0 Å². The molecule has 33 heavy (non-hydrogen) atoms. The number of imidazole rings is 1. The van der Waals surface area contributed by atoms with Gasteiger partial charge in [0.2, 0.25) is 20.2 Å². The molecular formula is C21H18N6O3S3. The van der Waals surface area contributed by atoms with E-state index in [1.165, 1.54) is 11.3 Å². The molecule has 0 unspecified atom stereocenters. The van der Waals surface area contributed by atoms with Gasteiger partial charge in [-0.1, -0.05) is 44.2 Å². The Bertz CT molecular complexity index is 1500. The number of aromatic nitrogens is 2. The average Bonchev–Trinajstić information content (AvgIpc) is 3.46. The molecule has 4 heterocycles. The smallest absolute Gasteiger partial charge is 0.283 e. The monoisotopic (exact) mass is 498 g/mol. The second-order valence-electron chi connectivity index (χ2n) is 7.85. The number of rotatable bonds is 4. The fourth-order valence-electron chi connectivity index (χ4n) is 3.60. The Morgan fingerprint density at radius 2 is 1.97 bits per heavy atom. The molecule has 12 heteroatoms. The van der Waals surface area contributed by atoms with Crippen molar-refractivity contribution in [2.45, 2.75) is 13.8 Å². The highest BCUT2D eigenvalue weighted by molar-refractivity contribution is 8.16. The van der Waals surface area contributed by atoms with Gasteiger partial charge in [0.15, 0.2) is 4.96 Å². The molecule has 0 aliphatic carbocycles. The summed E-state index contributed by atoms with van der Waals surface area (Å²) in [6.07, 6.45) is 3.39. The van der Waals surface area contributed by atoms with Crippen molar-refractivity contribution in [1.82, 2.24) is 14.3 Å². The van der Waals surface area contributed by atoms with Crippen molar-refractivity contribution in [2.24, 2.45) is 15.3 Å². The minimum atomic E-state index is -3.76. The molecule has 168 valence electrons. The van der Waals surface area contributed by atoms with Gasteiger partial charge in [0.25, 0.3) is 5.91 Å². The van der Waals surface area contributed by atoms with Crippen LogP contribution < -0.4 is 0 Å². The largest absolute Gasteiger partial charge is 0.290 e. The van der Waals surface area contributed by atoms with Crippen molar-refractivity contribution >= 4 is 66.2 Å². The van der Waals surface area contributed by atoms with Crippen LogP contribution in [0.3, 0.4) is 0 Å². The Kier molecular flexibility index (Phi) is 5.30. The Morgan fingerprint density at radius 3 is 2.70 bits per heavy atom. The van der Waals surface area contributed by atoms with Gasteiger partial charge in [-0.2, -0.15) is 9.39 Å². The van der Waals surface area contributed by atoms with Gasteiger partial charge >= 0.3 is 0 Å². The van der Waals surface area contributed by atoms with Crippen LogP contribution in [0, 0.1) is 11.3 Å². The summed E-state index contributed by atoms with van der Waals surface area (Å²) < 4.78 is 31.6. The molecule has 9 nitrogen and oxygen atoms in total. The van der Waals surface area contributed by atoms with Gasteiger partial charge in [0.05, 0.1) is 34.7 Å². The SMILES string of the molecule is CC(C)CS(=O)(=O)C1=NSC2=NC(=O)/C(=C\c3c(-c4ccccc4)nc4sccn34)C(=N)N21. The fourth-order valence-corrected chi connectivity index (χ4v) is 7.05. The van der Waals surface area contributed by atoms with Gasteiger partial charge in [-0.25, -0.2) is 18.3 Å². The van der Waals surface area contributed by atoms with Crippen LogP contribution in [-0.2, 0) is 14.6 Å². The summed E-state index contributed by atoms with van der Waals surface area (Å²) >= 11 is 2.24. The van der Waals surface area contributed by atoms with Crippen molar-refractivity contribution in [3.8, 4) is 11.3 Å². The number of hydrogen-bond acceptors (Lipinski definition) is 8. The van der Waals surface area contributed by atoms with Gasteiger partial charge in [-0.3, -0.25) is 14.6 Å². The molecule has 1 N–H and O–H groups in total. The number of amides is 1. The first kappa shape index (κ1) is 21.7. The summed E-state index contributed by atoms with van der Waals surface area (Å²) in [6, 6.07) is 9.53. The maximum atomic E-state index is 12.9. The molecule has 0 spiro atoms. The van der Waals surface area contributed by atoms with Crippen molar-refractivity contribution < 1.29 is 13.2 Å². The number of thiazole rings is 1. The predicted octanol–water partition coefficient (Wildman–Crippen LogP) is 3.71. The van der Waals surface area contributed by atoms with Crippen molar-refractivity contribution in [3.05, 3.63) is 53.2 Å².